The van der Waals surface area contributed by atoms with Crippen molar-refractivity contribution in [3.63, 3.8) is 0 Å². The number of hydrogen-bond donors (Lipinski definition) is 2. The monoisotopic (exact) mass is 235 g/mol. The van der Waals surface area contributed by atoms with E-state index in [1.54, 1.807) is 6.07 Å². The van der Waals surface area contributed by atoms with Gasteiger partial charge in [-0.25, -0.2) is 0 Å². The minimum atomic E-state index is -0.486. The Morgan fingerprint density at radius 3 is 2.65 bits per heavy atom. The van der Waals surface area contributed by atoms with Crippen molar-refractivity contribution >= 4 is 11.6 Å². The summed E-state index contributed by atoms with van der Waals surface area (Å²) in [6.07, 6.45) is 0. The van der Waals surface area contributed by atoms with Gasteiger partial charge in [0, 0.05) is 25.3 Å². The zero-order chi connectivity index (χ0) is 12.3. The number of nitrogen functional groups attached to an aromatic ring is 1. The molecule has 0 aromatic heterocycles. The first kappa shape index (κ1) is 11.9. The van der Waals surface area contributed by atoms with E-state index in [1.165, 1.54) is 0 Å². The van der Waals surface area contributed by atoms with Crippen LogP contribution in [0.4, 0.5) is 5.69 Å². The van der Waals surface area contributed by atoms with E-state index in [9.17, 15) is 4.79 Å². The summed E-state index contributed by atoms with van der Waals surface area (Å²) < 4.78 is 5.28. The average Bonchev–Trinajstić information content (AvgIpc) is 2.30. The number of nitrogens with two attached hydrogens (primary N) is 2. The first-order valence-electron chi connectivity index (χ1n) is 5.65. The van der Waals surface area contributed by atoms with Gasteiger partial charge in [-0.3, -0.25) is 9.69 Å². The summed E-state index contributed by atoms with van der Waals surface area (Å²) >= 11 is 0. The van der Waals surface area contributed by atoms with Crippen LogP contribution >= 0.6 is 0 Å². The molecular formula is C12H17N3O2. The molecule has 0 atom stereocenters. The average molecular weight is 235 g/mol. The quantitative estimate of drug-likeness (QED) is 0.733. The highest BCUT2D eigenvalue weighted by Gasteiger charge is 2.12. The third kappa shape index (κ3) is 2.95. The van der Waals surface area contributed by atoms with Gasteiger partial charge < -0.3 is 16.2 Å². The van der Waals surface area contributed by atoms with Crippen molar-refractivity contribution in [3.05, 3.63) is 29.3 Å². The van der Waals surface area contributed by atoms with Crippen LogP contribution in [0.3, 0.4) is 0 Å². The highest BCUT2D eigenvalue weighted by Crippen LogP contribution is 2.15. The molecule has 5 heteroatoms. The van der Waals surface area contributed by atoms with Gasteiger partial charge in [0.25, 0.3) is 5.91 Å². The van der Waals surface area contributed by atoms with Crippen LogP contribution in [0, 0.1) is 0 Å². The second kappa shape index (κ2) is 5.16. The van der Waals surface area contributed by atoms with E-state index < -0.39 is 5.91 Å². The molecule has 1 saturated heterocycles. The molecular weight excluding hydrogens is 218 g/mol. The summed E-state index contributed by atoms with van der Waals surface area (Å²) in [5, 5.41) is 0. The fourth-order valence-corrected chi connectivity index (χ4v) is 1.95. The van der Waals surface area contributed by atoms with E-state index in [4.69, 9.17) is 16.2 Å². The van der Waals surface area contributed by atoms with E-state index in [2.05, 4.69) is 4.90 Å². The van der Waals surface area contributed by atoms with Gasteiger partial charge in [0.15, 0.2) is 0 Å². The van der Waals surface area contributed by atoms with Crippen molar-refractivity contribution < 1.29 is 9.53 Å². The number of primary amides is 1. The summed E-state index contributed by atoms with van der Waals surface area (Å²) in [7, 11) is 0. The van der Waals surface area contributed by atoms with Gasteiger partial charge in [-0.15, -0.1) is 0 Å². The molecule has 0 bridgehead atoms. The zero-order valence-corrected chi connectivity index (χ0v) is 9.69. The zero-order valence-electron chi connectivity index (χ0n) is 9.69. The molecule has 0 spiro atoms. The Morgan fingerprint density at radius 1 is 1.35 bits per heavy atom. The van der Waals surface area contributed by atoms with Crippen LogP contribution < -0.4 is 11.5 Å². The molecule has 1 aromatic carbocycles. The molecule has 1 aliphatic rings. The number of carbonyl (C=O) groups is 1. The minimum absolute atomic E-state index is 0.385. The molecule has 1 amide bonds. The normalized spacial score (nSPS) is 16.9. The lowest BCUT2D eigenvalue weighted by Gasteiger charge is -2.26. The van der Waals surface area contributed by atoms with Crippen molar-refractivity contribution in [2.24, 2.45) is 5.73 Å². The van der Waals surface area contributed by atoms with Crippen molar-refractivity contribution in [1.82, 2.24) is 4.90 Å². The van der Waals surface area contributed by atoms with Gasteiger partial charge in [-0.05, 0) is 17.7 Å². The Kier molecular flexibility index (Phi) is 3.61. The number of nitrogens with zero attached hydrogens (tertiary/aromatic N) is 1. The highest BCUT2D eigenvalue weighted by atomic mass is 16.5. The van der Waals surface area contributed by atoms with Crippen LogP contribution in [0.2, 0.25) is 0 Å². The lowest BCUT2D eigenvalue weighted by atomic mass is 10.1. The van der Waals surface area contributed by atoms with Crippen LogP contribution in [-0.4, -0.2) is 37.1 Å². The predicted molar refractivity (Wildman–Crippen MR) is 65.5 cm³/mol. The molecule has 1 fully saturated rings. The first-order chi connectivity index (χ1) is 8.16. The van der Waals surface area contributed by atoms with E-state index in [-0.39, 0.29) is 0 Å². The third-order valence-corrected chi connectivity index (χ3v) is 2.89. The minimum Gasteiger partial charge on any atom is -0.398 e. The third-order valence-electron chi connectivity index (χ3n) is 2.89. The first-order valence-corrected chi connectivity index (χ1v) is 5.65. The smallest absolute Gasteiger partial charge is 0.250 e. The van der Waals surface area contributed by atoms with Crippen molar-refractivity contribution in [2.45, 2.75) is 6.54 Å². The summed E-state index contributed by atoms with van der Waals surface area (Å²) in [5.74, 6) is -0.486. The molecule has 2 rings (SSSR count). The second-order valence-corrected chi connectivity index (χ2v) is 4.17. The summed E-state index contributed by atoms with van der Waals surface area (Å²) in [5.41, 5.74) is 12.9. The van der Waals surface area contributed by atoms with E-state index in [1.807, 2.05) is 12.1 Å². The van der Waals surface area contributed by atoms with Crippen LogP contribution in [0.5, 0.6) is 0 Å². The van der Waals surface area contributed by atoms with Gasteiger partial charge in [-0.1, -0.05) is 6.07 Å². The SMILES string of the molecule is NC(=O)c1ccc(CN2CCOCC2)cc1N. The van der Waals surface area contributed by atoms with Crippen molar-refractivity contribution in [1.29, 1.82) is 0 Å². The van der Waals surface area contributed by atoms with Crippen LogP contribution in [0.1, 0.15) is 15.9 Å². The number of hydrogen-bond acceptors (Lipinski definition) is 4. The molecule has 0 unspecified atom stereocenters. The molecule has 4 N–H and O–H groups in total. The van der Waals surface area contributed by atoms with Crippen LogP contribution in [0.15, 0.2) is 18.2 Å². The van der Waals surface area contributed by atoms with Crippen molar-refractivity contribution in [2.75, 3.05) is 32.0 Å². The van der Waals surface area contributed by atoms with Gasteiger partial charge in [0.1, 0.15) is 0 Å². The molecule has 0 aliphatic carbocycles. The van der Waals surface area contributed by atoms with E-state index in [0.29, 0.717) is 11.3 Å². The van der Waals surface area contributed by atoms with Gasteiger partial charge in [0.2, 0.25) is 0 Å². The lowest BCUT2D eigenvalue weighted by Crippen LogP contribution is -2.35. The fourth-order valence-electron chi connectivity index (χ4n) is 1.95. The Balaban J connectivity index is 2.06. The lowest BCUT2D eigenvalue weighted by molar-refractivity contribution is 0.0342. The largest absolute Gasteiger partial charge is 0.398 e. The predicted octanol–water partition coefficient (Wildman–Crippen LogP) is 0.200. The van der Waals surface area contributed by atoms with Crippen LogP contribution in [-0.2, 0) is 11.3 Å². The summed E-state index contributed by atoms with van der Waals surface area (Å²) in [4.78, 5) is 13.3. The maximum absolute atomic E-state index is 11.0. The van der Waals surface area contributed by atoms with E-state index in [0.717, 1.165) is 38.4 Å². The summed E-state index contributed by atoms with van der Waals surface area (Å²) in [6, 6.07) is 5.40. The number of amides is 1. The molecule has 0 saturated carbocycles. The number of morpholine rings is 1. The number of ether oxygens (including phenoxy) is 1. The van der Waals surface area contributed by atoms with E-state index >= 15 is 0 Å². The van der Waals surface area contributed by atoms with Gasteiger partial charge in [0.05, 0.1) is 18.8 Å². The highest BCUT2D eigenvalue weighted by molar-refractivity contribution is 5.97. The maximum Gasteiger partial charge on any atom is 0.250 e. The maximum atomic E-state index is 11.0. The second-order valence-electron chi connectivity index (χ2n) is 4.17. The Labute approximate surface area is 100 Å². The molecule has 0 radical (unpaired) electrons. The molecule has 17 heavy (non-hydrogen) atoms. The molecule has 1 aliphatic heterocycles. The Morgan fingerprint density at radius 2 is 2.06 bits per heavy atom. The van der Waals surface area contributed by atoms with Crippen molar-refractivity contribution in [3.8, 4) is 0 Å². The van der Waals surface area contributed by atoms with Crippen LogP contribution in [0.25, 0.3) is 0 Å². The standard InChI is InChI=1S/C12H17N3O2/c13-11-7-9(1-2-10(11)12(14)16)8-15-3-5-17-6-4-15/h1-2,7H,3-6,8,13H2,(H2,14,16). The topological polar surface area (TPSA) is 81.6 Å². The molecule has 1 aromatic rings. The molecule has 5 nitrogen and oxygen atoms in total. The Bertz CT molecular complexity index is 414. The molecule has 92 valence electrons. The van der Waals surface area contributed by atoms with Gasteiger partial charge in [-0.2, -0.15) is 0 Å². The number of anilines is 1. The Hall–Kier alpha value is -1.59. The number of carbonyl (C=O) groups excluding carboxylic acids is 1. The summed E-state index contributed by atoms with van der Waals surface area (Å²) in [6.45, 7) is 4.23. The fraction of sp³-hybridized carbons (Fsp3) is 0.417. The number of rotatable bonds is 3. The molecule has 1 heterocycles. The van der Waals surface area contributed by atoms with Gasteiger partial charge >= 0.3 is 0 Å². The number of benzene rings is 1.